The van der Waals surface area contributed by atoms with Crippen LogP contribution in [0.15, 0.2) is 34.9 Å². The van der Waals surface area contributed by atoms with Crippen molar-refractivity contribution in [3.63, 3.8) is 0 Å². The predicted molar refractivity (Wildman–Crippen MR) is 96.6 cm³/mol. The molecule has 1 aliphatic heterocycles. The number of aryl methyl sites for hydroxylation is 1. The summed E-state index contributed by atoms with van der Waals surface area (Å²) in [6.45, 7) is 3.85. The number of aromatic nitrogens is 2. The van der Waals surface area contributed by atoms with E-state index in [0.717, 1.165) is 25.2 Å². The highest BCUT2D eigenvalue weighted by atomic mass is 79.9. The van der Waals surface area contributed by atoms with Gasteiger partial charge in [0.25, 0.3) is 5.91 Å². The van der Waals surface area contributed by atoms with E-state index in [1.165, 1.54) is 5.56 Å². The van der Waals surface area contributed by atoms with E-state index in [1.807, 2.05) is 43.1 Å². The monoisotopic (exact) mass is 398 g/mol. The highest BCUT2D eigenvalue weighted by molar-refractivity contribution is 9.10. The quantitative estimate of drug-likeness (QED) is 0.863. The van der Waals surface area contributed by atoms with Crippen LogP contribution in [0.25, 0.3) is 5.69 Å². The summed E-state index contributed by atoms with van der Waals surface area (Å²) in [6.07, 6.45) is 0.988. The number of halogens is 2. The van der Waals surface area contributed by atoms with Crippen LogP contribution in [-0.4, -0.2) is 46.8 Å². The van der Waals surface area contributed by atoms with Gasteiger partial charge in [-0.15, -0.1) is 12.4 Å². The molecule has 2 heterocycles. The van der Waals surface area contributed by atoms with Gasteiger partial charge in [0.1, 0.15) is 10.3 Å². The number of carbonyl (C=O) groups is 1. The Labute approximate surface area is 150 Å². The summed E-state index contributed by atoms with van der Waals surface area (Å²) in [5.41, 5.74) is 2.64. The molecule has 1 atom stereocenters. The highest BCUT2D eigenvalue weighted by Gasteiger charge is 2.27. The van der Waals surface area contributed by atoms with Crippen molar-refractivity contribution in [1.29, 1.82) is 0 Å². The second-order valence-electron chi connectivity index (χ2n) is 5.66. The van der Waals surface area contributed by atoms with Gasteiger partial charge in [0.15, 0.2) is 0 Å². The van der Waals surface area contributed by atoms with Crippen molar-refractivity contribution < 1.29 is 4.79 Å². The SMILES string of the molecule is Cc1ccc(-n2nc(Br)cc2C(=O)N(C)C2CCNC2)cc1.Cl. The van der Waals surface area contributed by atoms with Gasteiger partial charge in [0.05, 0.1) is 5.69 Å². The molecule has 7 heteroatoms. The van der Waals surface area contributed by atoms with E-state index in [4.69, 9.17) is 0 Å². The molecule has 23 heavy (non-hydrogen) atoms. The first-order chi connectivity index (χ1) is 10.6. The number of nitrogens with one attached hydrogen (secondary N) is 1. The molecule has 5 nitrogen and oxygen atoms in total. The fraction of sp³-hybridized carbons (Fsp3) is 0.375. The van der Waals surface area contributed by atoms with Gasteiger partial charge < -0.3 is 10.2 Å². The molecule has 1 aromatic heterocycles. The van der Waals surface area contributed by atoms with Crippen molar-refractivity contribution >= 4 is 34.2 Å². The average Bonchev–Trinajstić information content (AvgIpc) is 3.16. The molecule has 1 aliphatic rings. The highest BCUT2D eigenvalue weighted by Crippen LogP contribution is 2.20. The maximum Gasteiger partial charge on any atom is 0.272 e. The summed E-state index contributed by atoms with van der Waals surface area (Å²) in [5.74, 6) is -0.00697. The normalized spacial score (nSPS) is 16.9. The van der Waals surface area contributed by atoms with Crippen LogP contribution in [0.2, 0.25) is 0 Å². The molecule has 1 unspecified atom stereocenters. The Kier molecular flexibility index (Phi) is 5.84. The van der Waals surface area contributed by atoms with Crippen LogP contribution in [0.4, 0.5) is 0 Å². The average molecular weight is 400 g/mol. The van der Waals surface area contributed by atoms with Gasteiger partial charge in [-0.1, -0.05) is 17.7 Å². The predicted octanol–water partition coefficient (Wildman–Crippen LogP) is 2.80. The first-order valence-corrected chi connectivity index (χ1v) is 8.16. The molecule has 0 radical (unpaired) electrons. The molecule has 0 aliphatic carbocycles. The lowest BCUT2D eigenvalue weighted by Crippen LogP contribution is -2.39. The van der Waals surface area contributed by atoms with Crippen molar-refractivity contribution in [3.8, 4) is 5.69 Å². The first-order valence-electron chi connectivity index (χ1n) is 7.37. The number of carbonyl (C=O) groups excluding carboxylic acids is 1. The molecule has 0 saturated carbocycles. The lowest BCUT2D eigenvalue weighted by Gasteiger charge is -2.24. The van der Waals surface area contributed by atoms with Gasteiger partial charge in [-0.3, -0.25) is 4.79 Å². The van der Waals surface area contributed by atoms with Crippen molar-refractivity contribution in [2.24, 2.45) is 0 Å². The Balaban J connectivity index is 0.00000192. The fourth-order valence-electron chi connectivity index (χ4n) is 2.70. The smallest absolute Gasteiger partial charge is 0.272 e. The second kappa shape index (κ2) is 7.47. The van der Waals surface area contributed by atoms with Gasteiger partial charge in [-0.05, 0) is 48.0 Å². The lowest BCUT2D eigenvalue weighted by atomic mass is 10.2. The third-order valence-corrected chi connectivity index (χ3v) is 4.47. The van der Waals surface area contributed by atoms with Gasteiger partial charge in [0, 0.05) is 25.7 Å². The van der Waals surface area contributed by atoms with E-state index < -0.39 is 0 Å². The second-order valence-corrected chi connectivity index (χ2v) is 6.47. The number of hydrogen-bond acceptors (Lipinski definition) is 3. The first kappa shape index (κ1) is 18.0. The number of nitrogens with zero attached hydrogens (tertiary/aromatic N) is 3. The molecule has 1 N–H and O–H groups in total. The largest absolute Gasteiger partial charge is 0.336 e. The molecule has 1 saturated heterocycles. The summed E-state index contributed by atoms with van der Waals surface area (Å²) >= 11 is 3.38. The Morgan fingerprint density at radius 3 is 2.70 bits per heavy atom. The molecule has 3 rings (SSSR count). The molecule has 0 spiro atoms. The number of amides is 1. The molecular weight excluding hydrogens is 380 g/mol. The van der Waals surface area contributed by atoms with Crippen LogP contribution in [-0.2, 0) is 0 Å². The zero-order chi connectivity index (χ0) is 15.7. The molecule has 2 aromatic rings. The van der Waals surface area contributed by atoms with Gasteiger partial charge >= 0.3 is 0 Å². The Morgan fingerprint density at radius 1 is 1.39 bits per heavy atom. The van der Waals surface area contributed by atoms with E-state index in [9.17, 15) is 4.79 Å². The molecule has 124 valence electrons. The Morgan fingerprint density at radius 2 is 2.09 bits per heavy atom. The fourth-order valence-corrected chi connectivity index (χ4v) is 3.08. The molecular formula is C16H20BrClN4O. The number of likely N-dealkylation sites (N-methyl/N-ethyl adjacent to an activating group) is 1. The van der Waals surface area contributed by atoms with Crippen LogP contribution >= 0.6 is 28.3 Å². The zero-order valence-electron chi connectivity index (χ0n) is 13.1. The van der Waals surface area contributed by atoms with Crippen LogP contribution in [0, 0.1) is 6.92 Å². The molecule has 1 amide bonds. The summed E-state index contributed by atoms with van der Waals surface area (Å²) in [7, 11) is 1.86. The maximum atomic E-state index is 12.8. The summed E-state index contributed by atoms with van der Waals surface area (Å²) < 4.78 is 2.36. The van der Waals surface area contributed by atoms with E-state index in [2.05, 4.69) is 26.3 Å². The van der Waals surface area contributed by atoms with Crippen LogP contribution in [0.1, 0.15) is 22.5 Å². The van der Waals surface area contributed by atoms with Crippen molar-refractivity contribution in [1.82, 2.24) is 20.0 Å². The molecule has 1 aromatic carbocycles. The van der Waals surface area contributed by atoms with Crippen molar-refractivity contribution in [3.05, 3.63) is 46.2 Å². The minimum atomic E-state index is -0.00697. The van der Waals surface area contributed by atoms with Gasteiger partial charge in [-0.2, -0.15) is 5.10 Å². The lowest BCUT2D eigenvalue weighted by molar-refractivity contribution is 0.0734. The van der Waals surface area contributed by atoms with Gasteiger partial charge in [-0.25, -0.2) is 4.68 Å². The zero-order valence-corrected chi connectivity index (χ0v) is 15.5. The standard InChI is InChI=1S/C16H19BrN4O.ClH/c1-11-3-5-12(6-4-11)21-14(9-15(17)19-21)16(22)20(2)13-7-8-18-10-13;/h3-6,9,13,18H,7-8,10H2,1-2H3;1H. The van der Waals surface area contributed by atoms with Gasteiger partial charge in [0.2, 0.25) is 0 Å². The van der Waals surface area contributed by atoms with Crippen molar-refractivity contribution in [2.75, 3.05) is 20.1 Å². The number of benzene rings is 1. The minimum Gasteiger partial charge on any atom is -0.336 e. The topological polar surface area (TPSA) is 50.2 Å². The van der Waals surface area contributed by atoms with Crippen LogP contribution < -0.4 is 5.32 Å². The summed E-state index contributed by atoms with van der Waals surface area (Å²) in [4.78, 5) is 14.6. The molecule has 1 fully saturated rings. The van der Waals surface area contributed by atoms with E-state index in [0.29, 0.717) is 10.3 Å². The van der Waals surface area contributed by atoms with E-state index in [1.54, 1.807) is 10.7 Å². The van der Waals surface area contributed by atoms with Crippen LogP contribution in [0.5, 0.6) is 0 Å². The van der Waals surface area contributed by atoms with Crippen molar-refractivity contribution in [2.45, 2.75) is 19.4 Å². The van der Waals surface area contributed by atoms with Crippen LogP contribution in [0.3, 0.4) is 0 Å². The Bertz CT molecular complexity index is 680. The van der Waals surface area contributed by atoms with E-state index >= 15 is 0 Å². The third kappa shape index (κ3) is 3.76. The maximum absolute atomic E-state index is 12.8. The third-order valence-electron chi connectivity index (χ3n) is 4.08. The molecule has 0 bridgehead atoms. The Hall–Kier alpha value is -1.37. The summed E-state index contributed by atoms with van der Waals surface area (Å²) in [6, 6.07) is 10.0. The minimum absolute atomic E-state index is 0. The van der Waals surface area contributed by atoms with E-state index in [-0.39, 0.29) is 24.4 Å². The number of rotatable bonds is 3. The summed E-state index contributed by atoms with van der Waals surface area (Å²) in [5, 5.41) is 7.70. The number of hydrogen-bond donors (Lipinski definition) is 1.